The van der Waals surface area contributed by atoms with E-state index in [2.05, 4.69) is 4.98 Å². The lowest BCUT2D eigenvalue weighted by Gasteiger charge is -2.13. The Bertz CT molecular complexity index is 1260. The molecule has 6 nitrogen and oxygen atoms in total. The summed E-state index contributed by atoms with van der Waals surface area (Å²) in [7, 11) is 0. The fourth-order valence-corrected chi connectivity index (χ4v) is 3.97. The van der Waals surface area contributed by atoms with E-state index in [1.54, 1.807) is 16.7 Å². The van der Waals surface area contributed by atoms with Gasteiger partial charge in [0.05, 0.1) is 0 Å². The molecule has 2 N–H and O–H groups in total. The second-order valence-electron chi connectivity index (χ2n) is 6.12. The number of nitrogens with zero attached hydrogens (tertiary/aromatic N) is 2. The van der Waals surface area contributed by atoms with Crippen LogP contribution in [0.1, 0.15) is 15.9 Å². The molecule has 2 aromatic carbocycles. The summed E-state index contributed by atoms with van der Waals surface area (Å²) >= 11 is 6.91. The van der Waals surface area contributed by atoms with Crippen molar-refractivity contribution in [2.45, 2.75) is 6.54 Å². The van der Waals surface area contributed by atoms with E-state index >= 15 is 0 Å². The Balaban J connectivity index is 1.88. The number of carboxylic acid groups (broad SMARTS) is 1. The summed E-state index contributed by atoms with van der Waals surface area (Å²) in [4.78, 5) is 28.0. The molecule has 0 aliphatic carbocycles. The summed E-state index contributed by atoms with van der Waals surface area (Å²) in [6, 6.07) is 15.1. The zero-order chi connectivity index (χ0) is 19.8. The highest BCUT2D eigenvalue weighted by molar-refractivity contribution is 7.19. The highest BCUT2D eigenvalue weighted by atomic mass is 35.5. The zero-order valence-electron chi connectivity index (χ0n) is 14.3. The molecule has 2 aromatic heterocycles. The molecule has 0 fully saturated rings. The second kappa shape index (κ2) is 7.10. The van der Waals surface area contributed by atoms with Crippen molar-refractivity contribution in [1.29, 1.82) is 0 Å². The highest BCUT2D eigenvalue weighted by Crippen LogP contribution is 2.29. The molecule has 0 atom stereocenters. The number of carbonyl (C=O) groups is 1. The van der Waals surface area contributed by atoms with Gasteiger partial charge < -0.3 is 14.8 Å². The van der Waals surface area contributed by atoms with E-state index in [1.807, 2.05) is 36.4 Å². The fraction of sp³-hybridized carbons (Fsp3) is 0.0500. The number of hydrogen-bond acceptors (Lipinski definition) is 5. The number of rotatable bonds is 4. The minimum Gasteiger partial charge on any atom is -0.486 e. The van der Waals surface area contributed by atoms with Gasteiger partial charge in [0.25, 0.3) is 5.19 Å². The van der Waals surface area contributed by atoms with Crippen LogP contribution in [0.2, 0.25) is 5.02 Å². The molecule has 4 rings (SSSR count). The van der Waals surface area contributed by atoms with Crippen LogP contribution in [0.15, 0.2) is 59.5 Å². The summed E-state index contributed by atoms with van der Waals surface area (Å²) in [5.74, 6) is -1.33. The van der Waals surface area contributed by atoms with Gasteiger partial charge in [-0.05, 0) is 28.8 Å². The lowest BCUT2D eigenvalue weighted by Crippen LogP contribution is -2.19. The molecule has 0 saturated heterocycles. The number of aromatic carboxylic acids is 1. The fourth-order valence-electron chi connectivity index (χ4n) is 3.07. The Hall–Kier alpha value is -3.16. The van der Waals surface area contributed by atoms with Crippen LogP contribution in [0.5, 0.6) is 5.19 Å². The van der Waals surface area contributed by atoms with Gasteiger partial charge in [0.2, 0.25) is 5.43 Å². The van der Waals surface area contributed by atoms with Gasteiger partial charge in [0.1, 0.15) is 10.4 Å². The van der Waals surface area contributed by atoms with E-state index in [4.69, 9.17) is 11.6 Å². The smallest absolute Gasteiger partial charge is 0.341 e. The maximum atomic E-state index is 12.3. The number of aromatic hydroxyl groups is 1. The largest absolute Gasteiger partial charge is 0.486 e. The lowest BCUT2D eigenvalue weighted by molar-refractivity contribution is 0.0695. The van der Waals surface area contributed by atoms with Gasteiger partial charge in [0.15, 0.2) is 5.52 Å². The summed E-state index contributed by atoms with van der Waals surface area (Å²) in [6.07, 6.45) is 1.29. The minimum atomic E-state index is -1.33. The first kappa shape index (κ1) is 18.2. The molecule has 0 saturated carbocycles. The van der Waals surface area contributed by atoms with Crippen molar-refractivity contribution in [3.63, 3.8) is 0 Å². The van der Waals surface area contributed by atoms with Crippen LogP contribution in [-0.4, -0.2) is 25.7 Å². The first-order valence-corrected chi connectivity index (χ1v) is 9.43. The van der Waals surface area contributed by atoms with E-state index in [0.717, 1.165) is 28.0 Å². The standard InChI is InChI=1S/C20H13ClN2O4S/c21-13-7-5-11(6-8-13)14-4-2-1-3-12(14)9-23-10-15(19(25)26)17(24)16-18(23)28-20(27)22-16/h1-8,10H,9H2,(H,22,27)(H,25,26). The van der Waals surface area contributed by atoms with E-state index < -0.39 is 11.4 Å². The van der Waals surface area contributed by atoms with Crippen molar-refractivity contribution in [1.82, 2.24) is 9.55 Å². The van der Waals surface area contributed by atoms with Crippen LogP contribution in [0, 0.1) is 0 Å². The summed E-state index contributed by atoms with van der Waals surface area (Å²) in [6.45, 7) is 0.303. The topological polar surface area (TPSA) is 92.4 Å². The Morgan fingerprint density at radius 1 is 1.14 bits per heavy atom. The summed E-state index contributed by atoms with van der Waals surface area (Å²) in [5, 5.41) is 19.5. The number of aromatic nitrogens is 2. The number of halogens is 1. The van der Waals surface area contributed by atoms with Gasteiger partial charge in [-0.15, -0.1) is 0 Å². The molecule has 0 aliphatic heterocycles. The number of hydrogen-bond donors (Lipinski definition) is 2. The van der Waals surface area contributed by atoms with Gasteiger partial charge in [-0.2, -0.15) is 4.98 Å². The quantitative estimate of drug-likeness (QED) is 0.523. The SMILES string of the molecule is O=C(O)c1cn(Cc2ccccc2-c2ccc(Cl)cc2)c2sc(O)nc2c1=O. The molecule has 8 heteroatoms. The molecular weight excluding hydrogens is 400 g/mol. The van der Waals surface area contributed by atoms with Crippen LogP contribution in [-0.2, 0) is 6.54 Å². The molecule has 0 bridgehead atoms. The van der Waals surface area contributed by atoms with Crippen molar-refractivity contribution in [2.24, 2.45) is 0 Å². The third-order valence-electron chi connectivity index (χ3n) is 4.35. The van der Waals surface area contributed by atoms with Crippen LogP contribution in [0.4, 0.5) is 0 Å². The number of fused-ring (bicyclic) bond motifs is 1. The lowest BCUT2D eigenvalue weighted by atomic mass is 9.99. The average molecular weight is 413 g/mol. The van der Waals surface area contributed by atoms with Crippen LogP contribution in [0.3, 0.4) is 0 Å². The van der Waals surface area contributed by atoms with Gasteiger partial charge in [-0.1, -0.05) is 59.3 Å². The maximum absolute atomic E-state index is 12.3. The molecule has 0 aliphatic rings. The summed E-state index contributed by atoms with van der Waals surface area (Å²) in [5.41, 5.74) is 1.69. The minimum absolute atomic E-state index is 0.0497. The Labute approximate surface area is 167 Å². The van der Waals surface area contributed by atoms with Crippen molar-refractivity contribution in [2.75, 3.05) is 0 Å². The Morgan fingerprint density at radius 2 is 1.86 bits per heavy atom. The van der Waals surface area contributed by atoms with E-state index in [9.17, 15) is 19.8 Å². The molecule has 28 heavy (non-hydrogen) atoms. The van der Waals surface area contributed by atoms with Crippen LogP contribution >= 0.6 is 22.9 Å². The predicted octanol–water partition coefficient (Wildman–Crippen LogP) is 4.23. The number of pyridine rings is 1. The number of benzene rings is 2. The normalized spacial score (nSPS) is 11.0. The number of thiazole rings is 1. The first-order valence-electron chi connectivity index (χ1n) is 8.24. The maximum Gasteiger partial charge on any atom is 0.341 e. The van der Waals surface area contributed by atoms with Crippen LogP contribution < -0.4 is 5.43 Å². The van der Waals surface area contributed by atoms with Crippen molar-refractivity contribution < 1.29 is 15.0 Å². The molecule has 0 spiro atoms. The van der Waals surface area contributed by atoms with Crippen molar-refractivity contribution >= 4 is 39.3 Å². The molecule has 4 aromatic rings. The van der Waals surface area contributed by atoms with Crippen molar-refractivity contribution in [3.8, 4) is 16.3 Å². The third kappa shape index (κ3) is 3.26. The van der Waals surface area contributed by atoms with Gasteiger partial charge in [0, 0.05) is 17.8 Å². The molecule has 0 radical (unpaired) electrons. The third-order valence-corrected chi connectivity index (χ3v) is 5.49. The molecule has 0 unspecified atom stereocenters. The molecule has 140 valence electrons. The predicted molar refractivity (Wildman–Crippen MR) is 108 cm³/mol. The molecule has 2 heterocycles. The second-order valence-corrected chi connectivity index (χ2v) is 7.51. The first-order chi connectivity index (χ1) is 13.4. The van der Waals surface area contributed by atoms with Crippen LogP contribution in [0.25, 0.3) is 21.5 Å². The summed E-state index contributed by atoms with van der Waals surface area (Å²) < 4.78 is 1.63. The van der Waals surface area contributed by atoms with Gasteiger partial charge in [-0.25, -0.2) is 4.79 Å². The van der Waals surface area contributed by atoms with E-state index in [0.29, 0.717) is 16.4 Å². The van der Waals surface area contributed by atoms with Gasteiger partial charge in [-0.3, -0.25) is 4.79 Å². The monoisotopic (exact) mass is 412 g/mol. The molecule has 0 amide bonds. The van der Waals surface area contributed by atoms with Crippen molar-refractivity contribution in [3.05, 3.63) is 81.1 Å². The van der Waals surface area contributed by atoms with E-state index in [1.165, 1.54) is 6.20 Å². The van der Waals surface area contributed by atoms with E-state index in [-0.39, 0.29) is 16.3 Å². The Kier molecular flexibility index (Phi) is 4.62. The zero-order valence-corrected chi connectivity index (χ0v) is 15.9. The number of carboxylic acids is 1. The van der Waals surface area contributed by atoms with Gasteiger partial charge >= 0.3 is 5.97 Å². The Morgan fingerprint density at radius 3 is 2.57 bits per heavy atom. The highest BCUT2D eigenvalue weighted by Gasteiger charge is 2.19. The molecular formula is C20H13ClN2O4S. The average Bonchev–Trinajstić information content (AvgIpc) is 3.07.